The molecule has 3 unspecified atom stereocenters. The van der Waals surface area contributed by atoms with Crippen molar-refractivity contribution in [2.75, 3.05) is 40.9 Å². The topological polar surface area (TPSA) is 111 Å². The van der Waals surface area contributed by atoms with Crippen molar-refractivity contribution < 1.29 is 37.3 Å². The minimum atomic E-state index is -4.46. The molecular formula is C76H144N2O7P+. The zero-order valence-corrected chi connectivity index (χ0v) is 58.7. The number of phosphoric acid groups is 1. The summed E-state index contributed by atoms with van der Waals surface area (Å²) in [6.07, 6.45) is 85.3. The number of allylic oxidation sites excluding steroid dienone is 9. The molecular weight excluding hydrogens is 1080 g/mol. The van der Waals surface area contributed by atoms with E-state index in [1.807, 2.05) is 33.3 Å². The molecule has 0 aliphatic heterocycles. The molecule has 504 valence electrons. The lowest BCUT2D eigenvalue weighted by atomic mass is 10.0. The highest BCUT2D eigenvalue weighted by atomic mass is 31.2. The van der Waals surface area contributed by atoms with Crippen LogP contribution in [0.15, 0.2) is 60.8 Å². The fourth-order valence-corrected chi connectivity index (χ4v) is 11.7. The first-order valence-corrected chi connectivity index (χ1v) is 38.6. The van der Waals surface area contributed by atoms with Crippen LogP contribution in [0.1, 0.15) is 361 Å². The SMILES string of the molecule is CCCCC/C=C\C/C=C\C/C=C\C/C=C\CCCCCCCC(=O)OC(/C=C/CCCCCCCCCCCC)C(COP(=O)(O)OCC[N+](C)(C)C)NC(=O)CCCCCCCCCCCCCCCCCCCCCCCCCCCCC. The van der Waals surface area contributed by atoms with Gasteiger partial charge in [-0.1, -0.05) is 332 Å². The minimum Gasteiger partial charge on any atom is -0.456 e. The summed E-state index contributed by atoms with van der Waals surface area (Å²) in [7, 11) is 1.50. The first-order valence-electron chi connectivity index (χ1n) is 37.1. The van der Waals surface area contributed by atoms with Crippen molar-refractivity contribution in [1.29, 1.82) is 0 Å². The van der Waals surface area contributed by atoms with E-state index in [0.29, 0.717) is 17.4 Å². The number of hydrogen-bond acceptors (Lipinski definition) is 6. The highest BCUT2D eigenvalue weighted by Gasteiger charge is 2.30. The quantitative estimate of drug-likeness (QED) is 0.0205. The van der Waals surface area contributed by atoms with Gasteiger partial charge in [0.05, 0.1) is 33.8 Å². The van der Waals surface area contributed by atoms with E-state index in [1.54, 1.807) is 0 Å². The van der Waals surface area contributed by atoms with Crippen LogP contribution in [0.5, 0.6) is 0 Å². The molecule has 10 heteroatoms. The zero-order valence-electron chi connectivity index (χ0n) is 57.8. The molecule has 0 radical (unpaired) electrons. The molecule has 3 atom stereocenters. The number of phosphoric ester groups is 1. The fraction of sp³-hybridized carbons (Fsp3) is 0.842. The Bertz CT molecular complexity index is 1650. The van der Waals surface area contributed by atoms with Gasteiger partial charge in [-0.05, 0) is 76.7 Å². The van der Waals surface area contributed by atoms with Gasteiger partial charge >= 0.3 is 13.8 Å². The number of ether oxygens (including phenoxy) is 1. The second-order valence-electron chi connectivity index (χ2n) is 26.5. The van der Waals surface area contributed by atoms with E-state index in [-0.39, 0.29) is 31.5 Å². The lowest BCUT2D eigenvalue weighted by molar-refractivity contribution is -0.870. The van der Waals surface area contributed by atoms with Gasteiger partial charge in [0.25, 0.3) is 0 Å². The van der Waals surface area contributed by atoms with Crippen molar-refractivity contribution in [2.24, 2.45) is 0 Å². The second kappa shape index (κ2) is 65.7. The molecule has 0 aromatic heterocycles. The first-order chi connectivity index (χ1) is 41.9. The monoisotopic (exact) mass is 1230 g/mol. The average molecular weight is 1230 g/mol. The normalized spacial score (nSPS) is 13.8. The summed E-state index contributed by atoms with van der Waals surface area (Å²) in [5, 5.41) is 3.07. The third-order valence-electron chi connectivity index (χ3n) is 16.7. The van der Waals surface area contributed by atoms with Crippen molar-refractivity contribution in [3.8, 4) is 0 Å². The number of hydrogen-bond donors (Lipinski definition) is 2. The largest absolute Gasteiger partial charge is 0.472 e. The standard InChI is InChI=1S/C76H143N2O7P/c1-7-10-13-16-19-22-25-28-30-32-34-36-37-38-39-40-41-43-44-46-48-50-53-56-59-62-65-68-75(79)77-73(72-84-86(81,82)83-71-70-78(4,5)6)74(67-64-61-58-55-52-27-24-21-18-15-12-9-3)85-76(80)69-66-63-60-57-54-51-49-47-45-42-35-33-31-29-26-23-20-17-14-11-8-2/h20,23,29,31,35,42,47,49,64,67,73-74H,7-19,21-22,24-28,30,32-34,36-41,43-46,48,50-63,65-66,68-72H2,1-6H3,(H-,77,79,81,82)/p+1/b23-20-,31-29-,42-35-,49-47-,67-64+. The van der Waals surface area contributed by atoms with Gasteiger partial charge in [-0.2, -0.15) is 0 Å². The fourth-order valence-electron chi connectivity index (χ4n) is 11.0. The van der Waals surface area contributed by atoms with Crippen molar-refractivity contribution in [3.63, 3.8) is 0 Å². The molecule has 0 spiro atoms. The van der Waals surface area contributed by atoms with Gasteiger partial charge in [0.15, 0.2) is 0 Å². The number of quaternary nitrogens is 1. The highest BCUT2D eigenvalue weighted by Crippen LogP contribution is 2.43. The van der Waals surface area contributed by atoms with Gasteiger partial charge in [0.2, 0.25) is 5.91 Å². The van der Waals surface area contributed by atoms with Crippen LogP contribution >= 0.6 is 7.82 Å². The van der Waals surface area contributed by atoms with Gasteiger partial charge < -0.3 is 19.4 Å². The Balaban J connectivity index is 5.01. The lowest BCUT2D eigenvalue weighted by Crippen LogP contribution is -2.47. The van der Waals surface area contributed by atoms with Gasteiger partial charge in [0, 0.05) is 12.8 Å². The van der Waals surface area contributed by atoms with Crippen molar-refractivity contribution >= 4 is 19.7 Å². The number of nitrogens with one attached hydrogen (secondary N) is 1. The number of carbonyl (C=O) groups excluding carboxylic acids is 2. The van der Waals surface area contributed by atoms with E-state index in [1.165, 1.54) is 231 Å². The number of rotatable bonds is 68. The Kier molecular flexibility index (Phi) is 63.9. The van der Waals surface area contributed by atoms with Crippen LogP contribution in [0, 0.1) is 0 Å². The smallest absolute Gasteiger partial charge is 0.456 e. The lowest BCUT2D eigenvalue weighted by Gasteiger charge is -2.27. The predicted molar refractivity (Wildman–Crippen MR) is 374 cm³/mol. The van der Waals surface area contributed by atoms with Gasteiger partial charge in [-0.15, -0.1) is 0 Å². The van der Waals surface area contributed by atoms with Crippen LogP contribution in [0.25, 0.3) is 0 Å². The summed E-state index contributed by atoms with van der Waals surface area (Å²) >= 11 is 0. The molecule has 0 rings (SSSR count). The Morgan fingerprint density at radius 1 is 0.407 bits per heavy atom. The van der Waals surface area contributed by atoms with Gasteiger partial charge in [0.1, 0.15) is 19.3 Å². The molecule has 0 aliphatic carbocycles. The van der Waals surface area contributed by atoms with Crippen molar-refractivity contribution in [2.45, 2.75) is 373 Å². The van der Waals surface area contributed by atoms with E-state index >= 15 is 0 Å². The predicted octanol–water partition coefficient (Wildman–Crippen LogP) is 23.7. The number of amides is 1. The van der Waals surface area contributed by atoms with Crippen molar-refractivity contribution in [3.05, 3.63) is 60.8 Å². The summed E-state index contributed by atoms with van der Waals surface area (Å²) in [4.78, 5) is 37.9. The maximum absolute atomic E-state index is 13.6. The molecule has 2 N–H and O–H groups in total. The van der Waals surface area contributed by atoms with Crippen molar-refractivity contribution in [1.82, 2.24) is 5.32 Å². The molecule has 0 aromatic carbocycles. The Morgan fingerprint density at radius 3 is 1.08 bits per heavy atom. The molecule has 0 aliphatic rings. The number of esters is 1. The summed E-state index contributed by atoms with van der Waals surface area (Å²) in [5.74, 6) is -0.511. The average Bonchev–Trinajstić information content (AvgIpc) is 3.69. The molecule has 0 saturated heterocycles. The molecule has 0 bridgehead atoms. The molecule has 1 amide bonds. The van der Waals surface area contributed by atoms with E-state index in [4.69, 9.17) is 13.8 Å². The summed E-state index contributed by atoms with van der Waals surface area (Å²) in [6, 6.07) is -0.857. The van der Waals surface area contributed by atoms with E-state index in [2.05, 4.69) is 74.7 Å². The third kappa shape index (κ3) is 66.1. The number of nitrogens with zero attached hydrogens (tertiary/aromatic N) is 1. The maximum atomic E-state index is 13.6. The van der Waals surface area contributed by atoms with Crippen LogP contribution < -0.4 is 5.32 Å². The molecule has 0 saturated carbocycles. The van der Waals surface area contributed by atoms with E-state index in [9.17, 15) is 19.0 Å². The minimum absolute atomic E-state index is 0.0374. The molecule has 9 nitrogen and oxygen atoms in total. The summed E-state index contributed by atoms with van der Waals surface area (Å²) in [5.41, 5.74) is 0. The number of carbonyl (C=O) groups is 2. The third-order valence-corrected chi connectivity index (χ3v) is 17.7. The van der Waals surface area contributed by atoms with Crippen LogP contribution in [-0.2, 0) is 27.9 Å². The van der Waals surface area contributed by atoms with E-state index in [0.717, 1.165) is 96.3 Å². The second-order valence-corrected chi connectivity index (χ2v) is 27.9. The first kappa shape index (κ1) is 83.7. The Hall–Kier alpha value is -2.29. The molecule has 0 heterocycles. The van der Waals surface area contributed by atoms with Crippen LogP contribution in [-0.4, -0.2) is 74.3 Å². The Morgan fingerprint density at radius 2 is 0.709 bits per heavy atom. The number of unbranched alkanes of at least 4 members (excludes halogenated alkanes) is 44. The maximum Gasteiger partial charge on any atom is 0.472 e. The summed E-state index contributed by atoms with van der Waals surface area (Å²) < 4.78 is 30.8. The molecule has 86 heavy (non-hydrogen) atoms. The van der Waals surface area contributed by atoms with Crippen LogP contribution in [0.3, 0.4) is 0 Å². The molecule has 0 fully saturated rings. The highest BCUT2D eigenvalue weighted by molar-refractivity contribution is 7.47. The Labute approximate surface area is 534 Å². The summed E-state index contributed by atoms with van der Waals surface area (Å²) in [6.45, 7) is 7.02. The van der Waals surface area contributed by atoms with E-state index < -0.39 is 20.0 Å². The van der Waals surface area contributed by atoms with Crippen LogP contribution in [0.4, 0.5) is 0 Å². The molecule has 0 aromatic rings. The van der Waals surface area contributed by atoms with Gasteiger partial charge in [-0.3, -0.25) is 18.6 Å². The number of likely N-dealkylation sites (N-methyl/N-ethyl adjacent to an activating group) is 1. The van der Waals surface area contributed by atoms with Gasteiger partial charge in [-0.25, -0.2) is 4.57 Å². The van der Waals surface area contributed by atoms with Crippen LogP contribution in [0.2, 0.25) is 0 Å². The zero-order chi connectivity index (χ0) is 62.8.